The van der Waals surface area contributed by atoms with Crippen molar-refractivity contribution in [3.05, 3.63) is 47.5 Å². The molecule has 0 radical (unpaired) electrons. The smallest absolute Gasteiger partial charge is 0.234 e. The van der Waals surface area contributed by atoms with E-state index in [1.54, 1.807) is 6.08 Å². The summed E-state index contributed by atoms with van der Waals surface area (Å²) >= 11 is 5.87. The highest BCUT2D eigenvalue weighted by molar-refractivity contribution is 6.30. The van der Waals surface area contributed by atoms with Crippen LogP contribution in [0.5, 0.6) is 0 Å². The minimum Gasteiger partial charge on any atom is -0.352 e. The van der Waals surface area contributed by atoms with Crippen LogP contribution in [-0.2, 0) is 11.2 Å². The molecule has 0 aliphatic carbocycles. The van der Waals surface area contributed by atoms with Gasteiger partial charge in [-0.15, -0.1) is 6.58 Å². The number of hydrogen-bond acceptors (Lipinski definition) is 2. The predicted molar refractivity (Wildman–Crippen MR) is 71.2 cm³/mol. The molecule has 0 unspecified atom stereocenters. The molecule has 0 atom stereocenters. The van der Waals surface area contributed by atoms with Crippen LogP contribution in [0.3, 0.4) is 0 Å². The number of rotatable bonds is 7. The third-order valence-electron chi connectivity index (χ3n) is 2.21. The van der Waals surface area contributed by atoms with Crippen LogP contribution < -0.4 is 10.6 Å². The fraction of sp³-hybridized carbons (Fsp3) is 0.308. The van der Waals surface area contributed by atoms with E-state index in [9.17, 15) is 4.79 Å². The second-order valence-electron chi connectivity index (χ2n) is 3.65. The van der Waals surface area contributed by atoms with Crippen molar-refractivity contribution < 1.29 is 4.79 Å². The van der Waals surface area contributed by atoms with Crippen molar-refractivity contribution in [3.63, 3.8) is 0 Å². The summed E-state index contributed by atoms with van der Waals surface area (Å²) in [6, 6.07) is 7.72. The van der Waals surface area contributed by atoms with Gasteiger partial charge in [0, 0.05) is 11.6 Å². The number of halogens is 1. The van der Waals surface area contributed by atoms with Crippen molar-refractivity contribution in [1.82, 2.24) is 10.6 Å². The summed E-state index contributed by atoms with van der Waals surface area (Å²) in [4.78, 5) is 11.2. The van der Waals surface area contributed by atoms with Crippen LogP contribution in [0.1, 0.15) is 5.56 Å². The van der Waals surface area contributed by atoms with Gasteiger partial charge in [0.25, 0.3) is 0 Å². The molecule has 92 valence electrons. The standard InChI is InChI=1S/C13H17ClN2O/c1-2-7-16-13(17)10-15-8-6-11-4-3-5-12(14)9-11/h2-5,9,15H,1,6-8,10H2,(H,16,17). The van der Waals surface area contributed by atoms with Crippen LogP contribution in [-0.4, -0.2) is 25.5 Å². The van der Waals surface area contributed by atoms with E-state index in [0.717, 1.165) is 23.6 Å². The molecule has 0 bridgehead atoms. The van der Waals surface area contributed by atoms with Crippen molar-refractivity contribution in [2.75, 3.05) is 19.6 Å². The average molecular weight is 253 g/mol. The van der Waals surface area contributed by atoms with Gasteiger partial charge in [-0.05, 0) is 30.7 Å². The van der Waals surface area contributed by atoms with Gasteiger partial charge >= 0.3 is 0 Å². The first kappa shape index (κ1) is 13.7. The lowest BCUT2D eigenvalue weighted by Crippen LogP contribution is -2.34. The van der Waals surface area contributed by atoms with E-state index >= 15 is 0 Å². The topological polar surface area (TPSA) is 41.1 Å². The molecule has 0 aliphatic rings. The van der Waals surface area contributed by atoms with Gasteiger partial charge in [0.2, 0.25) is 5.91 Å². The van der Waals surface area contributed by atoms with Crippen molar-refractivity contribution >= 4 is 17.5 Å². The van der Waals surface area contributed by atoms with Gasteiger partial charge in [0.15, 0.2) is 0 Å². The number of carbonyl (C=O) groups excluding carboxylic acids is 1. The number of amides is 1. The Morgan fingerprint density at radius 2 is 2.29 bits per heavy atom. The molecule has 0 spiro atoms. The van der Waals surface area contributed by atoms with E-state index in [0.29, 0.717) is 13.1 Å². The van der Waals surface area contributed by atoms with Gasteiger partial charge < -0.3 is 10.6 Å². The van der Waals surface area contributed by atoms with E-state index in [1.807, 2.05) is 24.3 Å². The molecule has 1 aromatic carbocycles. The normalized spacial score (nSPS) is 9.94. The summed E-state index contributed by atoms with van der Waals surface area (Å²) in [5, 5.41) is 6.51. The third kappa shape index (κ3) is 6.09. The highest BCUT2D eigenvalue weighted by atomic mass is 35.5. The number of nitrogens with one attached hydrogen (secondary N) is 2. The van der Waals surface area contributed by atoms with E-state index in [-0.39, 0.29) is 5.91 Å². The van der Waals surface area contributed by atoms with Crippen LogP contribution in [0, 0.1) is 0 Å². The van der Waals surface area contributed by atoms with Crippen LogP contribution in [0.15, 0.2) is 36.9 Å². The van der Waals surface area contributed by atoms with Crippen molar-refractivity contribution in [1.29, 1.82) is 0 Å². The molecular formula is C13H17ClN2O. The zero-order valence-electron chi connectivity index (χ0n) is 9.71. The lowest BCUT2D eigenvalue weighted by atomic mass is 10.1. The summed E-state index contributed by atoms with van der Waals surface area (Å²) < 4.78 is 0. The third-order valence-corrected chi connectivity index (χ3v) is 2.44. The van der Waals surface area contributed by atoms with Crippen molar-refractivity contribution in [2.45, 2.75) is 6.42 Å². The van der Waals surface area contributed by atoms with E-state index in [2.05, 4.69) is 17.2 Å². The fourth-order valence-electron chi connectivity index (χ4n) is 1.38. The SMILES string of the molecule is C=CCNC(=O)CNCCc1cccc(Cl)c1. The molecule has 4 heteroatoms. The lowest BCUT2D eigenvalue weighted by molar-refractivity contribution is -0.120. The van der Waals surface area contributed by atoms with Gasteiger partial charge in [-0.2, -0.15) is 0 Å². The Bertz CT molecular complexity index is 379. The molecule has 1 rings (SSSR count). The lowest BCUT2D eigenvalue weighted by Gasteiger charge is -2.05. The van der Waals surface area contributed by atoms with E-state index in [4.69, 9.17) is 11.6 Å². The minimum absolute atomic E-state index is 0.0176. The quantitative estimate of drug-likeness (QED) is 0.574. The first-order valence-corrected chi connectivity index (χ1v) is 5.93. The zero-order valence-corrected chi connectivity index (χ0v) is 10.5. The maximum atomic E-state index is 11.2. The first-order chi connectivity index (χ1) is 8.22. The Hall–Kier alpha value is -1.32. The minimum atomic E-state index is -0.0176. The maximum Gasteiger partial charge on any atom is 0.234 e. The second-order valence-corrected chi connectivity index (χ2v) is 4.09. The van der Waals surface area contributed by atoms with Gasteiger partial charge in [0.1, 0.15) is 0 Å². The molecule has 3 nitrogen and oxygen atoms in total. The highest BCUT2D eigenvalue weighted by Crippen LogP contribution is 2.10. The van der Waals surface area contributed by atoms with Crippen LogP contribution in [0.2, 0.25) is 5.02 Å². The van der Waals surface area contributed by atoms with Crippen LogP contribution >= 0.6 is 11.6 Å². The Balaban J connectivity index is 2.16. The molecule has 1 amide bonds. The molecule has 0 heterocycles. The van der Waals surface area contributed by atoms with Gasteiger partial charge in [0.05, 0.1) is 6.54 Å². The number of benzene rings is 1. The Labute approximate surface area is 107 Å². The molecule has 1 aromatic rings. The van der Waals surface area contributed by atoms with Gasteiger partial charge in [-0.1, -0.05) is 29.8 Å². The molecule has 2 N–H and O–H groups in total. The maximum absolute atomic E-state index is 11.2. The fourth-order valence-corrected chi connectivity index (χ4v) is 1.59. The summed E-state index contributed by atoms with van der Waals surface area (Å²) in [5.41, 5.74) is 1.16. The summed E-state index contributed by atoms with van der Waals surface area (Å²) in [5.74, 6) is -0.0176. The molecular weight excluding hydrogens is 236 g/mol. The molecule has 0 fully saturated rings. The average Bonchev–Trinajstić information content (AvgIpc) is 2.32. The molecule has 0 saturated carbocycles. The number of hydrogen-bond donors (Lipinski definition) is 2. The highest BCUT2D eigenvalue weighted by Gasteiger charge is 1.98. The molecule has 17 heavy (non-hydrogen) atoms. The summed E-state index contributed by atoms with van der Waals surface area (Å²) in [6.07, 6.45) is 2.51. The Morgan fingerprint density at radius 3 is 3.00 bits per heavy atom. The zero-order chi connectivity index (χ0) is 12.5. The van der Waals surface area contributed by atoms with Gasteiger partial charge in [-0.25, -0.2) is 0 Å². The molecule has 0 saturated heterocycles. The summed E-state index contributed by atoms with van der Waals surface area (Å²) in [6.45, 7) is 5.12. The van der Waals surface area contributed by atoms with Crippen molar-refractivity contribution in [3.8, 4) is 0 Å². The Kier molecular flexibility index (Phi) is 6.37. The van der Waals surface area contributed by atoms with E-state index < -0.39 is 0 Å². The monoisotopic (exact) mass is 252 g/mol. The van der Waals surface area contributed by atoms with Crippen molar-refractivity contribution in [2.24, 2.45) is 0 Å². The number of carbonyl (C=O) groups is 1. The second kappa shape index (κ2) is 7.87. The van der Waals surface area contributed by atoms with Gasteiger partial charge in [-0.3, -0.25) is 4.79 Å². The van der Waals surface area contributed by atoms with E-state index in [1.165, 1.54) is 0 Å². The largest absolute Gasteiger partial charge is 0.352 e. The van der Waals surface area contributed by atoms with Crippen LogP contribution in [0.25, 0.3) is 0 Å². The molecule has 0 aliphatic heterocycles. The first-order valence-electron chi connectivity index (χ1n) is 5.55. The summed E-state index contributed by atoms with van der Waals surface area (Å²) in [7, 11) is 0. The molecule has 0 aromatic heterocycles. The predicted octanol–water partition coefficient (Wildman–Crippen LogP) is 1.77. The van der Waals surface area contributed by atoms with Crippen LogP contribution in [0.4, 0.5) is 0 Å². The Morgan fingerprint density at radius 1 is 1.47 bits per heavy atom.